The molecule has 0 fully saturated rings. The molecule has 194 valence electrons. The highest BCUT2D eigenvalue weighted by Crippen LogP contribution is 2.28. The van der Waals surface area contributed by atoms with Crippen molar-refractivity contribution in [1.29, 1.82) is 0 Å². The van der Waals surface area contributed by atoms with E-state index in [-0.39, 0.29) is 43.4 Å². The van der Waals surface area contributed by atoms with Crippen molar-refractivity contribution < 1.29 is 9.59 Å². The van der Waals surface area contributed by atoms with Gasteiger partial charge in [0.25, 0.3) is 0 Å². The minimum Gasteiger partial charge on any atom is -0.355 e. The Labute approximate surface area is 222 Å². The van der Waals surface area contributed by atoms with Gasteiger partial charge in [0.05, 0.1) is 19.7 Å². The molecular formula is C29H39ClN4O2. The Morgan fingerprint density at radius 2 is 1.81 bits per heavy atom. The number of nitrogens with zero attached hydrogens (tertiary/aromatic N) is 3. The summed E-state index contributed by atoms with van der Waals surface area (Å²) < 4.78 is 0. The minimum atomic E-state index is -0.111. The molecule has 1 N–H and O–H groups in total. The first-order valence-electron chi connectivity index (χ1n) is 12.5. The lowest BCUT2D eigenvalue weighted by Gasteiger charge is -2.30. The Hall–Kier alpha value is -3.04. The van der Waals surface area contributed by atoms with Gasteiger partial charge in [-0.25, -0.2) is 4.85 Å². The van der Waals surface area contributed by atoms with Gasteiger partial charge in [0.15, 0.2) is 5.69 Å². The number of carbonyl (C=O) groups excluding carboxylic acids is 2. The number of hydrogen-bond acceptors (Lipinski definition) is 3. The molecule has 1 aliphatic carbocycles. The maximum atomic E-state index is 13.4. The Balaban J connectivity index is 0.00000456. The normalized spacial score (nSPS) is 14.0. The fraction of sp³-hybridized carbons (Fsp3) is 0.483. The Morgan fingerprint density at radius 3 is 2.50 bits per heavy atom. The summed E-state index contributed by atoms with van der Waals surface area (Å²) >= 11 is 0. The molecule has 2 aromatic carbocycles. The zero-order valence-corrected chi connectivity index (χ0v) is 23.0. The molecule has 6 nitrogen and oxygen atoms in total. The molecule has 3 rings (SSSR count). The second kappa shape index (κ2) is 13.3. The van der Waals surface area contributed by atoms with E-state index in [1.165, 1.54) is 16.7 Å². The minimum absolute atomic E-state index is 0. The molecule has 0 radical (unpaired) electrons. The van der Waals surface area contributed by atoms with E-state index in [0.717, 1.165) is 36.9 Å². The van der Waals surface area contributed by atoms with E-state index in [2.05, 4.69) is 49.1 Å². The van der Waals surface area contributed by atoms with Gasteiger partial charge in [-0.3, -0.25) is 9.59 Å². The Bertz CT molecular complexity index is 1110. The molecule has 7 heteroatoms. The van der Waals surface area contributed by atoms with Crippen LogP contribution in [0.4, 0.5) is 11.4 Å². The van der Waals surface area contributed by atoms with E-state index < -0.39 is 0 Å². The lowest BCUT2D eigenvalue weighted by molar-refractivity contribution is -0.130. The van der Waals surface area contributed by atoms with Crippen molar-refractivity contribution in [3.63, 3.8) is 0 Å². The maximum absolute atomic E-state index is 13.4. The molecule has 0 saturated heterocycles. The van der Waals surface area contributed by atoms with E-state index in [0.29, 0.717) is 18.2 Å². The summed E-state index contributed by atoms with van der Waals surface area (Å²) in [4.78, 5) is 33.4. The van der Waals surface area contributed by atoms with Crippen LogP contribution in [0.1, 0.15) is 48.9 Å². The fourth-order valence-electron chi connectivity index (χ4n) is 4.68. The summed E-state index contributed by atoms with van der Waals surface area (Å²) in [5.74, 6) is 0.460. The summed E-state index contributed by atoms with van der Waals surface area (Å²) in [6.45, 7) is 16.6. The van der Waals surface area contributed by atoms with Crippen LogP contribution in [-0.4, -0.2) is 49.4 Å². The average molecular weight is 511 g/mol. The summed E-state index contributed by atoms with van der Waals surface area (Å²) in [7, 11) is 1.86. The first-order valence-corrected chi connectivity index (χ1v) is 12.5. The third-order valence-electron chi connectivity index (χ3n) is 6.82. The predicted octanol–water partition coefficient (Wildman–Crippen LogP) is 5.26. The predicted molar refractivity (Wildman–Crippen MR) is 149 cm³/mol. The number of hydrogen-bond donors (Lipinski definition) is 1. The van der Waals surface area contributed by atoms with Gasteiger partial charge in [-0.15, -0.1) is 12.4 Å². The van der Waals surface area contributed by atoms with Gasteiger partial charge >= 0.3 is 0 Å². The number of rotatable bonds is 10. The highest BCUT2D eigenvalue weighted by molar-refractivity contribution is 5.87. The van der Waals surface area contributed by atoms with Gasteiger partial charge < -0.3 is 15.1 Å². The molecule has 0 saturated carbocycles. The zero-order chi connectivity index (χ0) is 25.5. The molecule has 1 atom stereocenters. The van der Waals surface area contributed by atoms with Crippen LogP contribution in [0.5, 0.6) is 0 Å². The van der Waals surface area contributed by atoms with Gasteiger partial charge in [0, 0.05) is 25.3 Å². The van der Waals surface area contributed by atoms with Crippen molar-refractivity contribution in [3.8, 4) is 0 Å². The summed E-state index contributed by atoms with van der Waals surface area (Å²) in [5.41, 5.74) is 6.04. The highest BCUT2D eigenvalue weighted by atomic mass is 35.5. The number of likely N-dealkylation sites (N-methyl/N-ethyl adjacent to an activating group) is 1. The molecule has 0 heterocycles. The van der Waals surface area contributed by atoms with Crippen molar-refractivity contribution in [1.82, 2.24) is 10.2 Å². The van der Waals surface area contributed by atoms with E-state index in [1.807, 2.05) is 29.8 Å². The lowest BCUT2D eigenvalue weighted by atomic mass is 10.1. The third-order valence-corrected chi connectivity index (χ3v) is 6.82. The highest BCUT2D eigenvalue weighted by Gasteiger charge is 2.29. The Morgan fingerprint density at radius 1 is 1.08 bits per heavy atom. The lowest BCUT2D eigenvalue weighted by Crippen LogP contribution is -2.47. The number of benzene rings is 2. The van der Waals surface area contributed by atoms with E-state index >= 15 is 0 Å². The van der Waals surface area contributed by atoms with E-state index in [1.54, 1.807) is 12.1 Å². The first-order chi connectivity index (χ1) is 16.7. The van der Waals surface area contributed by atoms with Crippen LogP contribution in [0.3, 0.4) is 0 Å². The number of halogens is 1. The molecular weight excluding hydrogens is 472 g/mol. The van der Waals surface area contributed by atoms with Crippen LogP contribution in [0.15, 0.2) is 36.4 Å². The van der Waals surface area contributed by atoms with Crippen molar-refractivity contribution in [3.05, 3.63) is 70.1 Å². The first kappa shape index (κ1) is 29.2. The third kappa shape index (κ3) is 7.73. The van der Waals surface area contributed by atoms with E-state index in [4.69, 9.17) is 6.57 Å². The van der Waals surface area contributed by atoms with Crippen molar-refractivity contribution in [2.45, 2.75) is 59.4 Å². The summed E-state index contributed by atoms with van der Waals surface area (Å²) in [5, 5.41) is 3.00. The van der Waals surface area contributed by atoms with Crippen LogP contribution in [0.2, 0.25) is 0 Å². The van der Waals surface area contributed by atoms with Crippen LogP contribution < -0.4 is 10.2 Å². The number of fused-ring (bicyclic) bond motifs is 1. The average Bonchev–Trinajstić information content (AvgIpc) is 3.24. The summed E-state index contributed by atoms with van der Waals surface area (Å²) in [6.07, 6.45) is 3.68. The van der Waals surface area contributed by atoms with Crippen molar-refractivity contribution >= 4 is 35.6 Å². The van der Waals surface area contributed by atoms with Crippen molar-refractivity contribution in [2.24, 2.45) is 5.92 Å². The van der Waals surface area contributed by atoms with Crippen LogP contribution >= 0.6 is 12.4 Å². The number of amides is 2. The maximum Gasteiger partial charge on any atom is 0.242 e. The quantitative estimate of drug-likeness (QED) is 0.350. The second-order valence-corrected chi connectivity index (χ2v) is 10.2. The number of anilines is 1. The second-order valence-electron chi connectivity index (χ2n) is 10.2. The van der Waals surface area contributed by atoms with Gasteiger partial charge in [-0.2, -0.15) is 0 Å². The molecule has 1 unspecified atom stereocenters. The molecule has 2 aromatic rings. The molecule has 36 heavy (non-hydrogen) atoms. The van der Waals surface area contributed by atoms with Gasteiger partial charge in [-0.1, -0.05) is 49.7 Å². The van der Waals surface area contributed by atoms with Crippen molar-refractivity contribution in [2.75, 3.05) is 31.6 Å². The fourth-order valence-corrected chi connectivity index (χ4v) is 4.68. The SMILES string of the molecule is Cl.[C-]#[N+]c1ccc(C)c(N(CC(=O)NCCCC(C)C)CC(=O)N(C)C2Cc3ccc(C)cc3C2)c1. The standard InChI is InChI=1S/C29H38N4O2.ClH/c1-20(2)8-7-13-31-28(34)18-33(27-17-25(30-5)12-10-22(27)4)19-29(35)32(6)26-15-23-11-9-21(3)14-24(23)16-26;/h9-12,14,17,20,26H,7-8,13,15-16,18-19H2,1-4,6H3,(H,31,34);1H. The van der Waals surface area contributed by atoms with Gasteiger partial charge in [0.2, 0.25) is 11.8 Å². The monoisotopic (exact) mass is 510 g/mol. The van der Waals surface area contributed by atoms with E-state index in [9.17, 15) is 9.59 Å². The summed E-state index contributed by atoms with van der Waals surface area (Å²) in [6, 6.07) is 12.0. The van der Waals surface area contributed by atoms with Crippen LogP contribution in [-0.2, 0) is 22.4 Å². The molecule has 0 bridgehead atoms. The van der Waals surface area contributed by atoms with Gasteiger partial charge in [-0.05, 0) is 68.2 Å². The topological polar surface area (TPSA) is 57.0 Å². The molecule has 0 spiro atoms. The molecule has 2 amide bonds. The smallest absolute Gasteiger partial charge is 0.242 e. The zero-order valence-electron chi connectivity index (χ0n) is 22.1. The Kier molecular flexibility index (Phi) is 10.8. The molecule has 1 aliphatic rings. The number of carbonyl (C=O) groups is 2. The van der Waals surface area contributed by atoms with Gasteiger partial charge in [0.1, 0.15) is 0 Å². The largest absolute Gasteiger partial charge is 0.355 e. The number of nitrogens with one attached hydrogen (secondary N) is 1. The van der Waals surface area contributed by atoms with Crippen LogP contribution in [0, 0.1) is 26.3 Å². The molecule has 0 aliphatic heterocycles. The number of aryl methyl sites for hydroxylation is 2. The molecule has 0 aromatic heterocycles. The van der Waals surface area contributed by atoms with Crippen LogP contribution in [0.25, 0.3) is 4.85 Å².